The molecule has 1 rings (SSSR count). The summed E-state index contributed by atoms with van der Waals surface area (Å²) in [7, 11) is 0. The monoisotopic (exact) mass is 138 g/mol. The Morgan fingerprint density at radius 1 is 1.30 bits per heavy atom. The third-order valence-corrected chi connectivity index (χ3v) is 2.35. The lowest BCUT2D eigenvalue weighted by molar-refractivity contribution is 0.351. The van der Waals surface area contributed by atoms with E-state index in [2.05, 4.69) is 13.3 Å². The zero-order valence-electron chi connectivity index (χ0n) is 6.81. The SMILES string of the molecule is [CH2]CCCC[CH]C1CCC1. The Morgan fingerprint density at radius 3 is 2.60 bits per heavy atom. The summed E-state index contributed by atoms with van der Waals surface area (Å²) in [6, 6.07) is 0. The van der Waals surface area contributed by atoms with Gasteiger partial charge in [-0.2, -0.15) is 0 Å². The van der Waals surface area contributed by atoms with Gasteiger partial charge in [0, 0.05) is 0 Å². The molecule has 1 aliphatic rings. The van der Waals surface area contributed by atoms with Crippen LogP contribution in [0.4, 0.5) is 0 Å². The lowest BCUT2D eigenvalue weighted by atomic mass is 9.82. The molecule has 0 aliphatic heterocycles. The normalized spacial score (nSPS) is 18.9. The van der Waals surface area contributed by atoms with Crippen molar-refractivity contribution in [3.63, 3.8) is 0 Å². The Kier molecular flexibility index (Phi) is 3.86. The summed E-state index contributed by atoms with van der Waals surface area (Å²) in [5.41, 5.74) is 0. The highest BCUT2D eigenvalue weighted by Crippen LogP contribution is 2.30. The molecule has 0 heterocycles. The maximum Gasteiger partial charge on any atom is -0.0355 e. The minimum Gasteiger partial charge on any atom is -0.0533 e. The zero-order valence-corrected chi connectivity index (χ0v) is 6.81. The van der Waals surface area contributed by atoms with Crippen LogP contribution >= 0.6 is 0 Å². The Bertz CT molecular complexity index is 72.1. The molecule has 0 nitrogen and oxygen atoms in total. The average molecular weight is 138 g/mol. The van der Waals surface area contributed by atoms with Gasteiger partial charge >= 0.3 is 0 Å². The molecule has 1 aliphatic carbocycles. The van der Waals surface area contributed by atoms with Crippen molar-refractivity contribution >= 4 is 0 Å². The molecule has 0 N–H and O–H groups in total. The summed E-state index contributed by atoms with van der Waals surface area (Å²) in [6.07, 6.45) is 12.0. The Balaban J connectivity index is 1.76. The van der Waals surface area contributed by atoms with E-state index in [1.54, 1.807) is 0 Å². The molecule has 58 valence electrons. The Morgan fingerprint density at radius 2 is 2.10 bits per heavy atom. The Labute approximate surface area is 65.0 Å². The topological polar surface area (TPSA) is 0 Å². The van der Waals surface area contributed by atoms with Crippen molar-refractivity contribution in [2.24, 2.45) is 5.92 Å². The molecule has 0 bridgehead atoms. The van der Waals surface area contributed by atoms with Crippen LogP contribution in [0, 0.1) is 19.3 Å². The standard InChI is InChI=1S/C10H18/c1-2-3-4-5-7-10-8-6-9-10/h7,10H,1-6,8-9H2. The van der Waals surface area contributed by atoms with Crippen molar-refractivity contribution in [3.8, 4) is 0 Å². The smallest absolute Gasteiger partial charge is 0.0355 e. The van der Waals surface area contributed by atoms with E-state index < -0.39 is 0 Å². The fourth-order valence-corrected chi connectivity index (χ4v) is 1.35. The Hall–Kier alpha value is 0. The van der Waals surface area contributed by atoms with Gasteiger partial charge in [0.25, 0.3) is 0 Å². The van der Waals surface area contributed by atoms with Gasteiger partial charge in [-0.15, -0.1) is 0 Å². The molecular formula is C10H18. The third-order valence-electron chi connectivity index (χ3n) is 2.35. The number of hydrogen-bond acceptors (Lipinski definition) is 0. The molecule has 0 heteroatoms. The minimum atomic E-state index is 0.991. The highest BCUT2D eigenvalue weighted by Gasteiger charge is 2.16. The molecule has 0 aromatic rings. The minimum absolute atomic E-state index is 0.991. The summed E-state index contributed by atoms with van der Waals surface area (Å²) >= 11 is 0. The van der Waals surface area contributed by atoms with E-state index in [1.807, 2.05) is 0 Å². The molecule has 10 heavy (non-hydrogen) atoms. The van der Waals surface area contributed by atoms with Crippen molar-refractivity contribution in [3.05, 3.63) is 13.3 Å². The van der Waals surface area contributed by atoms with E-state index in [1.165, 1.54) is 38.5 Å². The van der Waals surface area contributed by atoms with Gasteiger partial charge in [-0.1, -0.05) is 45.4 Å². The van der Waals surface area contributed by atoms with Crippen molar-refractivity contribution < 1.29 is 0 Å². The second-order valence-electron chi connectivity index (χ2n) is 3.28. The van der Waals surface area contributed by atoms with Gasteiger partial charge in [0.05, 0.1) is 0 Å². The average Bonchev–Trinajstić information content (AvgIpc) is 1.84. The second kappa shape index (κ2) is 4.76. The third kappa shape index (κ3) is 2.72. The van der Waals surface area contributed by atoms with E-state index in [0.717, 1.165) is 12.3 Å². The molecular weight excluding hydrogens is 120 g/mol. The van der Waals surface area contributed by atoms with Gasteiger partial charge in [-0.3, -0.25) is 0 Å². The van der Waals surface area contributed by atoms with Gasteiger partial charge in [0.1, 0.15) is 0 Å². The number of unbranched alkanes of at least 4 members (excludes halogenated alkanes) is 3. The van der Waals surface area contributed by atoms with Crippen molar-refractivity contribution in [2.45, 2.75) is 44.9 Å². The lowest BCUT2D eigenvalue weighted by Crippen LogP contribution is -2.10. The summed E-state index contributed by atoms with van der Waals surface area (Å²) in [6.45, 7) is 3.82. The molecule has 1 saturated carbocycles. The highest BCUT2D eigenvalue weighted by molar-refractivity contribution is 4.82. The van der Waals surface area contributed by atoms with Gasteiger partial charge in [0.2, 0.25) is 0 Å². The fraction of sp³-hybridized carbons (Fsp3) is 0.800. The van der Waals surface area contributed by atoms with Crippen LogP contribution in [0.1, 0.15) is 44.9 Å². The van der Waals surface area contributed by atoms with Crippen LogP contribution in [0.5, 0.6) is 0 Å². The van der Waals surface area contributed by atoms with Crippen molar-refractivity contribution in [1.29, 1.82) is 0 Å². The van der Waals surface area contributed by atoms with E-state index in [4.69, 9.17) is 0 Å². The molecule has 2 radical (unpaired) electrons. The van der Waals surface area contributed by atoms with Crippen LogP contribution in [0.3, 0.4) is 0 Å². The summed E-state index contributed by atoms with van der Waals surface area (Å²) in [5, 5.41) is 0. The molecule has 1 fully saturated rings. The second-order valence-corrected chi connectivity index (χ2v) is 3.28. The van der Waals surface area contributed by atoms with Gasteiger partial charge < -0.3 is 0 Å². The first-order valence-electron chi connectivity index (χ1n) is 4.56. The number of hydrogen-bond donors (Lipinski definition) is 0. The van der Waals surface area contributed by atoms with Crippen molar-refractivity contribution in [1.82, 2.24) is 0 Å². The van der Waals surface area contributed by atoms with Gasteiger partial charge in [-0.05, 0) is 18.8 Å². The zero-order chi connectivity index (χ0) is 7.23. The predicted octanol–water partition coefficient (Wildman–Crippen LogP) is 3.39. The van der Waals surface area contributed by atoms with E-state index in [0.29, 0.717) is 0 Å². The summed E-state index contributed by atoms with van der Waals surface area (Å²) in [4.78, 5) is 0. The predicted molar refractivity (Wildman–Crippen MR) is 45.5 cm³/mol. The van der Waals surface area contributed by atoms with Gasteiger partial charge in [0.15, 0.2) is 0 Å². The summed E-state index contributed by atoms with van der Waals surface area (Å²) in [5.74, 6) is 0.991. The van der Waals surface area contributed by atoms with Crippen LogP contribution in [0.2, 0.25) is 0 Å². The molecule has 0 amide bonds. The van der Waals surface area contributed by atoms with Crippen LogP contribution in [0.25, 0.3) is 0 Å². The van der Waals surface area contributed by atoms with E-state index >= 15 is 0 Å². The van der Waals surface area contributed by atoms with Crippen LogP contribution < -0.4 is 0 Å². The molecule has 0 saturated heterocycles. The largest absolute Gasteiger partial charge is 0.0533 e. The fourth-order valence-electron chi connectivity index (χ4n) is 1.35. The molecule has 0 spiro atoms. The molecule has 0 aromatic carbocycles. The van der Waals surface area contributed by atoms with Gasteiger partial charge in [-0.25, -0.2) is 0 Å². The van der Waals surface area contributed by atoms with Crippen LogP contribution in [0.15, 0.2) is 0 Å². The molecule has 0 atom stereocenters. The summed E-state index contributed by atoms with van der Waals surface area (Å²) < 4.78 is 0. The first-order valence-corrected chi connectivity index (χ1v) is 4.56. The van der Waals surface area contributed by atoms with Crippen LogP contribution in [-0.4, -0.2) is 0 Å². The van der Waals surface area contributed by atoms with Crippen LogP contribution in [-0.2, 0) is 0 Å². The maximum absolute atomic E-state index is 3.82. The highest BCUT2D eigenvalue weighted by atomic mass is 14.2. The maximum atomic E-state index is 3.82. The first kappa shape index (κ1) is 8.10. The molecule has 0 aromatic heterocycles. The lowest BCUT2D eigenvalue weighted by Gasteiger charge is -2.24. The van der Waals surface area contributed by atoms with Crippen molar-refractivity contribution in [2.75, 3.05) is 0 Å². The van der Waals surface area contributed by atoms with E-state index in [9.17, 15) is 0 Å². The first-order chi connectivity index (χ1) is 4.93. The quantitative estimate of drug-likeness (QED) is 0.511. The van der Waals surface area contributed by atoms with E-state index in [-0.39, 0.29) is 0 Å². The molecule has 0 unspecified atom stereocenters. The number of rotatable bonds is 5.